The Balaban J connectivity index is 1.43. The number of hydrogen-bond acceptors (Lipinski definition) is 5. The minimum Gasteiger partial charge on any atom is -0.370 e. The summed E-state index contributed by atoms with van der Waals surface area (Å²) in [6, 6.07) is 3.97. The van der Waals surface area contributed by atoms with E-state index in [0.29, 0.717) is 30.7 Å². The van der Waals surface area contributed by atoms with Crippen molar-refractivity contribution in [3.05, 3.63) is 24.0 Å². The molecule has 1 aromatic rings. The van der Waals surface area contributed by atoms with E-state index in [1.807, 2.05) is 0 Å². The summed E-state index contributed by atoms with van der Waals surface area (Å²) in [7, 11) is 0. The maximum Gasteiger partial charge on any atom is 0.253 e. The van der Waals surface area contributed by atoms with Crippen LogP contribution in [0, 0.1) is 17.7 Å². The number of ether oxygens (including phenoxy) is 1. The Morgan fingerprint density at radius 2 is 1.97 bits per heavy atom. The summed E-state index contributed by atoms with van der Waals surface area (Å²) in [5.41, 5.74) is 6.52. The first-order valence-electron chi connectivity index (χ1n) is 10.5. The predicted octanol–water partition coefficient (Wildman–Crippen LogP) is 1.58. The zero-order valence-corrected chi connectivity index (χ0v) is 16.6. The number of hydrogen-bond donors (Lipinski definition) is 2. The number of nitrogens with zero attached hydrogens (tertiary/aromatic N) is 2. The minimum atomic E-state index is -0.568. The van der Waals surface area contributed by atoms with Gasteiger partial charge in [0.1, 0.15) is 18.5 Å². The molecule has 29 heavy (non-hydrogen) atoms. The average molecular weight is 404 g/mol. The molecular formula is C21H29FN4O3. The second-order valence-electron chi connectivity index (χ2n) is 8.34. The molecule has 3 aliphatic rings. The third-order valence-corrected chi connectivity index (χ3v) is 5.85. The lowest BCUT2D eigenvalue weighted by molar-refractivity contribution is -0.125. The highest BCUT2D eigenvalue weighted by Gasteiger charge is 2.35. The smallest absolute Gasteiger partial charge is 0.253 e. The van der Waals surface area contributed by atoms with Crippen molar-refractivity contribution in [3.8, 4) is 0 Å². The number of benzene rings is 1. The van der Waals surface area contributed by atoms with Gasteiger partial charge in [-0.15, -0.1) is 0 Å². The van der Waals surface area contributed by atoms with Gasteiger partial charge in [0.2, 0.25) is 5.91 Å². The minimum absolute atomic E-state index is 0.00386. The van der Waals surface area contributed by atoms with E-state index < -0.39 is 11.9 Å². The van der Waals surface area contributed by atoms with E-state index in [1.165, 1.54) is 42.7 Å². The number of carbonyl (C=O) groups excluding carboxylic acids is 2. The Hall–Kier alpha value is -2.03. The van der Waals surface area contributed by atoms with Gasteiger partial charge < -0.3 is 20.7 Å². The number of anilines is 2. The summed E-state index contributed by atoms with van der Waals surface area (Å²) < 4.78 is 19.8. The Morgan fingerprint density at radius 1 is 1.28 bits per heavy atom. The maximum absolute atomic E-state index is 14.7. The van der Waals surface area contributed by atoms with Crippen LogP contribution in [0.4, 0.5) is 15.8 Å². The van der Waals surface area contributed by atoms with Crippen LogP contribution in [0.1, 0.15) is 25.7 Å². The molecule has 1 heterocycles. The van der Waals surface area contributed by atoms with Gasteiger partial charge in [0.05, 0.1) is 12.3 Å². The van der Waals surface area contributed by atoms with Gasteiger partial charge in [-0.1, -0.05) is 0 Å². The average Bonchev–Trinajstić information content (AvgIpc) is 3.61. The van der Waals surface area contributed by atoms with E-state index in [4.69, 9.17) is 10.5 Å². The Labute approximate surface area is 170 Å². The van der Waals surface area contributed by atoms with Crippen LogP contribution >= 0.6 is 0 Å². The molecule has 0 spiro atoms. The molecule has 3 N–H and O–H groups in total. The van der Waals surface area contributed by atoms with Crippen molar-refractivity contribution < 1.29 is 18.7 Å². The van der Waals surface area contributed by atoms with Crippen molar-refractivity contribution in [1.82, 2.24) is 4.90 Å². The molecule has 1 atom stereocenters. The monoisotopic (exact) mass is 404 g/mol. The molecule has 1 saturated heterocycles. The number of halogens is 1. The fraction of sp³-hybridized carbons (Fsp3) is 0.619. The van der Waals surface area contributed by atoms with E-state index in [-0.39, 0.29) is 30.7 Å². The third-order valence-electron chi connectivity index (χ3n) is 5.85. The lowest BCUT2D eigenvalue weighted by Gasteiger charge is -2.30. The van der Waals surface area contributed by atoms with Crippen LogP contribution in [0.25, 0.3) is 0 Å². The molecule has 4 rings (SSSR count). The van der Waals surface area contributed by atoms with Gasteiger partial charge in [-0.2, -0.15) is 0 Å². The molecule has 2 saturated carbocycles. The van der Waals surface area contributed by atoms with Gasteiger partial charge in [-0.25, -0.2) is 4.39 Å². The second-order valence-corrected chi connectivity index (χ2v) is 8.34. The largest absolute Gasteiger partial charge is 0.370 e. The molecule has 1 aliphatic heterocycles. The molecule has 7 nitrogen and oxygen atoms in total. The summed E-state index contributed by atoms with van der Waals surface area (Å²) >= 11 is 0. The summed E-state index contributed by atoms with van der Waals surface area (Å²) in [4.78, 5) is 28.5. The Bertz CT molecular complexity index is 752. The highest BCUT2D eigenvalue weighted by molar-refractivity contribution is 5.97. The quantitative estimate of drug-likeness (QED) is 0.652. The van der Waals surface area contributed by atoms with Crippen molar-refractivity contribution >= 4 is 23.2 Å². The molecule has 0 unspecified atom stereocenters. The van der Waals surface area contributed by atoms with E-state index >= 15 is 0 Å². The van der Waals surface area contributed by atoms with Gasteiger partial charge in [-0.05, 0) is 55.7 Å². The van der Waals surface area contributed by atoms with E-state index in [9.17, 15) is 14.0 Å². The SMILES string of the molecule is NC[C@H](C(=O)Nc1ccc(N2CCOCC2=O)cc1F)N(CC1CC1)CC1CC1. The maximum atomic E-state index is 14.7. The Kier molecular flexibility index (Phi) is 6.12. The van der Waals surface area contributed by atoms with E-state index in [2.05, 4.69) is 10.2 Å². The van der Waals surface area contributed by atoms with Crippen molar-refractivity contribution in [2.45, 2.75) is 31.7 Å². The molecule has 158 valence electrons. The van der Waals surface area contributed by atoms with Gasteiger partial charge in [0, 0.05) is 31.9 Å². The molecule has 1 aromatic carbocycles. The number of nitrogens with one attached hydrogen (secondary N) is 1. The number of amides is 2. The van der Waals surface area contributed by atoms with Gasteiger partial charge >= 0.3 is 0 Å². The highest BCUT2D eigenvalue weighted by atomic mass is 19.1. The standard InChI is InChI=1S/C21H29FN4O3/c22-17-9-16(26-7-8-29-13-20(26)27)5-6-18(17)24-21(28)19(10-23)25(11-14-1-2-14)12-15-3-4-15/h5-6,9,14-15,19H,1-4,7-8,10-13,23H2,(H,24,28)/t19-/m1/s1. The van der Waals surface area contributed by atoms with Crippen molar-refractivity contribution in [2.75, 3.05) is 49.6 Å². The Morgan fingerprint density at radius 3 is 2.52 bits per heavy atom. The molecule has 0 radical (unpaired) electrons. The number of carbonyl (C=O) groups is 2. The lowest BCUT2D eigenvalue weighted by atomic mass is 10.1. The van der Waals surface area contributed by atoms with Crippen molar-refractivity contribution in [1.29, 1.82) is 0 Å². The normalized spacial score (nSPS) is 20.8. The van der Waals surface area contributed by atoms with Crippen LogP contribution in [0.3, 0.4) is 0 Å². The summed E-state index contributed by atoms with van der Waals surface area (Å²) in [5.74, 6) is 0.256. The zero-order valence-electron chi connectivity index (χ0n) is 16.6. The summed E-state index contributed by atoms with van der Waals surface area (Å²) in [6.07, 6.45) is 4.82. The lowest BCUT2D eigenvalue weighted by Crippen LogP contribution is -2.50. The van der Waals surface area contributed by atoms with Crippen LogP contribution in [0.2, 0.25) is 0 Å². The van der Waals surface area contributed by atoms with Crippen LogP contribution < -0.4 is 16.0 Å². The fourth-order valence-corrected chi connectivity index (χ4v) is 3.80. The number of nitrogens with two attached hydrogens (primary N) is 1. The van der Waals surface area contributed by atoms with Crippen LogP contribution in [-0.2, 0) is 14.3 Å². The predicted molar refractivity (Wildman–Crippen MR) is 108 cm³/mol. The van der Waals surface area contributed by atoms with Gasteiger partial charge in [0.15, 0.2) is 0 Å². The van der Waals surface area contributed by atoms with E-state index in [1.54, 1.807) is 6.07 Å². The molecule has 0 bridgehead atoms. The topological polar surface area (TPSA) is 87.9 Å². The number of morpholine rings is 1. The van der Waals surface area contributed by atoms with Crippen LogP contribution in [0.15, 0.2) is 18.2 Å². The molecule has 8 heteroatoms. The molecule has 2 amide bonds. The van der Waals surface area contributed by atoms with Crippen molar-refractivity contribution in [3.63, 3.8) is 0 Å². The van der Waals surface area contributed by atoms with Crippen molar-refractivity contribution in [2.24, 2.45) is 17.6 Å². The molecule has 0 aromatic heterocycles. The summed E-state index contributed by atoms with van der Waals surface area (Å²) in [5, 5.41) is 2.71. The molecule has 2 aliphatic carbocycles. The van der Waals surface area contributed by atoms with Crippen LogP contribution in [0.5, 0.6) is 0 Å². The van der Waals surface area contributed by atoms with Crippen LogP contribution in [-0.4, -0.2) is 62.1 Å². The summed E-state index contributed by atoms with van der Waals surface area (Å²) in [6.45, 7) is 2.76. The first-order chi connectivity index (χ1) is 14.0. The fourth-order valence-electron chi connectivity index (χ4n) is 3.80. The van der Waals surface area contributed by atoms with Gasteiger partial charge in [-0.3, -0.25) is 14.5 Å². The first-order valence-corrected chi connectivity index (χ1v) is 10.5. The molecule has 3 fully saturated rings. The number of rotatable bonds is 9. The highest BCUT2D eigenvalue weighted by Crippen LogP contribution is 2.34. The third kappa shape index (κ3) is 5.12. The van der Waals surface area contributed by atoms with E-state index in [0.717, 1.165) is 13.1 Å². The zero-order chi connectivity index (χ0) is 20.4. The second kappa shape index (κ2) is 8.77. The molecular weight excluding hydrogens is 375 g/mol. The van der Waals surface area contributed by atoms with Gasteiger partial charge in [0.25, 0.3) is 5.91 Å². The first kappa shape index (κ1) is 20.3.